The van der Waals surface area contributed by atoms with Crippen LogP contribution in [-0.2, 0) is 14.3 Å². The van der Waals surface area contributed by atoms with E-state index in [-0.39, 0.29) is 12.5 Å². The Morgan fingerprint density at radius 1 is 1.03 bits per heavy atom. The molecule has 0 bridgehead atoms. The molecule has 7 heteroatoms. The number of carboxylic acids is 1. The number of carbonyl (C=O) groups is 3. The minimum atomic E-state index is -1.43. The second kappa shape index (κ2) is 7.72. The lowest BCUT2D eigenvalue weighted by Crippen LogP contribution is -2.66. The van der Waals surface area contributed by atoms with Crippen molar-refractivity contribution in [2.45, 2.75) is 50.1 Å². The zero-order valence-electron chi connectivity index (χ0n) is 17.6. The summed E-state index contributed by atoms with van der Waals surface area (Å²) in [4.78, 5) is 36.7. The van der Waals surface area contributed by atoms with Crippen LogP contribution in [0.2, 0.25) is 0 Å². The van der Waals surface area contributed by atoms with E-state index in [0.29, 0.717) is 12.8 Å². The molecule has 3 N–H and O–H groups in total. The monoisotopic (exact) mass is 422 g/mol. The van der Waals surface area contributed by atoms with Gasteiger partial charge in [0, 0.05) is 5.92 Å². The number of benzene rings is 2. The molecule has 0 heterocycles. The quantitative estimate of drug-likeness (QED) is 0.662. The first-order valence-corrected chi connectivity index (χ1v) is 10.4. The van der Waals surface area contributed by atoms with E-state index in [1.165, 1.54) is 13.8 Å². The van der Waals surface area contributed by atoms with Crippen molar-refractivity contribution < 1.29 is 24.2 Å². The van der Waals surface area contributed by atoms with Gasteiger partial charge in [0.05, 0.1) is 0 Å². The van der Waals surface area contributed by atoms with Gasteiger partial charge in [-0.25, -0.2) is 9.59 Å². The Hall–Kier alpha value is -3.35. The zero-order valence-corrected chi connectivity index (χ0v) is 17.6. The highest BCUT2D eigenvalue weighted by atomic mass is 16.5. The lowest BCUT2D eigenvalue weighted by molar-refractivity contribution is -0.148. The number of amides is 2. The Morgan fingerprint density at radius 3 is 2.06 bits per heavy atom. The SMILES string of the molecule is CC(C)(NC(=O)C1(NC(=O)OCC2c3ccccc3-c3ccccc32)CCC1)C(=O)O. The van der Waals surface area contributed by atoms with Gasteiger partial charge < -0.3 is 20.5 Å². The van der Waals surface area contributed by atoms with Gasteiger partial charge in [0.1, 0.15) is 17.7 Å². The normalized spacial score (nSPS) is 16.5. The van der Waals surface area contributed by atoms with E-state index >= 15 is 0 Å². The van der Waals surface area contributed by atoms with Crippen LogP contribution in [0.4, 0.5) is 4.79 Å². The Balaban J connectivity index is 1.44. The molecule has 2 amide bonds. The van der Waals surface area contributed by atoms with Gasteiger partial charge in [-0.05, 0) is 55.4 Å². The maximum absolute atomic E-state index is 12.7. The van der Waals surface area contributed by atoms with Gasteiger partial charge in [0.25, 0.3) is 0 Å². The van der Waals surface area contributed by atoms with Crippen LogP contribution in [0.1, 0.15) is 50.2 Å². The van der Waals surface area contributed by atoms with Gasteiger partial charge in [0.2, 0.25) is 5.91 Å². The van der Waals surface area contributed by atoms with Gasteiger partial charge in [-0.15, -0.1) is 0 Å². The first kappa shape index (κ1) is 20.9. The summed E-state index contributed by atoms with van der Waals surface area (Å²) >= 11 is 0. The third kappa shape index (κ3) is 3.76. The van der Waals surface area contributed by atoms with Gasteiger partial charge in [-0.1, -0.05) is 48.5 Å². The molecule has 31 heavy (non-hydrogen) atoms. The lowest BCUT2D eigenvalue weighted by Gasteiger charge is -2.41. The number of nitrogens with one attached hydrogen (secondary N) is 2. The summed E-state index contributed by atoms with van der Waals surface area (Å²) in [6.45, 7) is 2.97. The van der Waals surface area contributed by atoms with Crippen molar-refractivity contribution in [3.63, 3.8) is 0 Å². The van der Waals surface area contributed by atoms with E-state index in [0.717, 1.165) is 28.7 Å². The summed E-state index contributed by atoms with van der Waals surface area (Å²) in [6.07, 6.45) is 0.979. The minimum Gasteiger partial charge on any atom is -0.480 e. The summed E-state index contributed by atoms with van der Waals surface area (Å²) in [7, 11) is 0. The number of carbonyl (C=O) groups excluding carboxylic acids is 2. The van der Waals surface area contributed by atoms with E-state index in [1.54, 1.807) is 0 Å². The highest BCUT2D eigenvalue weighted by Crippen LogP contribution is 2.44. The molecule has 0 radical (unpaired) electrons. The third-order valence-corrected chi connectivity index (χ3v) is 6.29. The number of carboxylic acid groups (broad SMARTS) is 1. The fourth-order valence-corrected chi connectivity index (χ4v) is 4.23. The Labute approximate surface area is 180 Å². The van der Waals surface area contributed by atoms with Crippen LogP contribution in [0.15, 0.2) is 48.5 Å². The van der Waals surface area contributed by atoms with Crippen LogP contribution in [0, 0.1) is 0 Å². The van der Waals surface area contributed by atoms with Crippen molar-refractivity contribution in [2.75, 3.05) is 6.61 Å². The fourth-order valence-electron chi connectivity index (χ4n) is 4.23. The molecule has 1 saturated carbocycles. The summed E-state index contributed by atoms with van der Waals surface area (Å²) < 4.78 is 5.55. The molecule has 2 aromatic carbocycles. The molecule has 0 saturated heterocycles. The van der Waals surface area contributed by atoms with Crippen molar-refractivity contribution in [1.29, 1.82) is 0 Å². The molecular formula is C24H26N2O5. The largest absolute Gasteiger partial charge is 0.480 e. The molecule has 0 unspecified atom stereocenters. The lowest BCUT2D eigenvalue weighted by atomic mass is 9.75. The highest BCUT2D eigenvalue weighted by Gasteiger charge is 2.48. The molecule has 4 rings (SSSR count). The average Bonchev–Trinajstić information content (AvgIpc) is 3.02. The number of ether oxygens (including phenoxy) is 1. The molecule has 1 fully saturated rings. The predicted octanol–water partition coefficient (Wildman–Crippen LogP) is 3.43. The first-order chi connectivity index (χ1) is 14.7. The number of hydrogen-bond donors (Lipinski definition) is 3. The number of fused-ring (bicyclic) bond motifs is 3. The predicted molar refractivity (Wildman–Crippen MR) is 115 cm³/mol. The van der Waals surface area contributed by atoms with Crippen molar-refractivity contribution in [3.05, 3.63) is 59.7 Å². The maximum Gasteiger partial charge on any atom is 0.408 e. The average molecular weight is 422 g/mol. The second-order valence-corrected chi connectivity index (χ2v) is 8.77. The Bertz CT molecular complexity index is 996. The standard InChI is InChI=1S/C24H26N2O5/c1-23(2,21(28)29)25-20(27)24(12-7-13-24)26-22(30)31-14-19-17-10-5-3-8-15(17)16-9-4-6-11-18(16)19/h3-6,8-11,19H,7,12-14H2,1-2H3,(H,25,27)(H,26,30)(H,28,29). The Morgan fingerprint density at radius 2 is 1.58 bits per heavy atom. The van der Waals surface area contributed by atoms with Crippen LogP contribution in [0.25, 0.3) is 11.1 Å². The van der Waals surface area contributed by atoms with Crippen molar-refractivity contribution in [3.8, 4) is 11.1 Å². The fraction of sp³-hybridized carbons (Fsp3) is 0.375. The topological polar surface area (TPSA) is 105 Å². The molecule has 162 valence electrons. The van der Waals surface area contributed by atoms with Crippen LogP contribution in [0.5, 0.6) is 0 Å². The zero-order chi connectivity index (χ0) is 22.2. The van der Waals surface area contributed by atoms with Gasteiger partial charge in [0.15, 0.2) is 0 Å². The van der Waals surface area contributed by atoms with Gasteiger partial charge >= 0.3 is 12.1 Å². The van der Waals surface area contributed by atoms with Gasteiger partial charge in [-0.3, -0.25) is 4.79 Å². The summed E-state index contributed by atoms with van der Waals surface area (Å²) in [5.74, 6) is -1.72. The van der Waals surface area contributed by atoms with E-state index < -0.39 is 29.0 Å². The minimum absolute atomic E-state index is 0.0738. The summed E-state index contributed by atoms with van der Waals surface area (Å²) in [5.41, 5.74) is 1.93. The molecule has 0 atom stereocenters. The molecule has 0 aromatic heterocycles. The Kier molecular flexibility index (Phi) is 5.21. The summed E-state index contributed by atoms with van der Waals surface area (Å²) in [5, 5.41) is 14.5. The van der Waals surface area contributed by atoms with E-state index in [1.807, 2.05) is 36.4 Å². The maximum atomic E-state index is 12.7. The van der Waals surface area contributed by atoms with Crippen molar-refractivity contribution in [2.24, 2.45) is 0 Å². The van der Waals surface area contributed by atoms with E-state index in [9.17, 15) is 19.5 Å². The van der Waals surface area contributed by atoms with Crippen LogP contribution < -0.4 is 10.6 Å². The van der Waals surface area contributed by atoms with Crippen LogP contribution >= 0.6 is 0 Å². The molecule has 2 aliphatic carbocycles. The molecular weight excluding hydrogens is 396 g/mol. The summed E-state index contributed by atoms with van der Waals surface area (Å²) in [6, 6.07) is 16.1. The first-order valence-electron chi connectivity index (χ1n) is 10.4. The second-order valence-electron chi connectivity index (χ2n) is 8.77. The number of aliphatic carboxylic acids is 1. The van der Waals surface area contributed by atoms with E-state index in [4.69, 9.17) is 4.74 Å². The van der Waals surface area contributed by atoms with Crippen LogP contribution in [0.3, 0.4) is 0 Å². The van der Waals surface area contributed by atoms with E-state index in [2.05, 4.69) is 22.8 Å². The number of rotatable bonds is 6. The molecule has 2 aromatic rings. The molecule has 2 aliphatic rings. The van der Waals surface area contributed by atoms with Crippen molar-refractivity contribution in [1.82, 2.24) is 10.6 Å². The third-order valence-electron chi connectivity index (χ3n) is 6.29. The molecule has 7 nitrogen and oxygen atoms in total. The van der Waals surface area contributed by atoms with Crippen molar-refractivity contribution >= 4 is 18.0 Å². The van der Waals surface area contributed by atoms with Gasteiger partial charge in [-0.2, -0.15) is 0 Å². The highest BCUT2D eigenvalue weighted by molar-refractivity contribution is 5.94. The smallest absolute Gasteiger partial charge is 0.408 e. The van der Waals surface area contributed by atoms with Crippen LogP contribution in [-0.4, -0.2) is 40.8 Å². The molecule has 0 aliphatic heterocycles. The molecule has 0 spiro atoms. The number of hydrogen-bond acceptors (Lipinski definition) is 4. The number of alkyl carbamates (subject to hydrolysis) is 1.